The molecular weight excluding hydrogens is 193 g/mol. The van der Waals surface area contributed by atoms with Gasteiger partial charge in [-0.25, -0.2) is 0 Å². The molecule has 0 unspecified atom stereocenters. The summed E-state index contributed by atoms with van der Waals surface area (Å²) >= 11 is 0. The molecule has 0 aromatic carbocycles. The van der Waals surface area contributed by atoms with Gasteiger partial charge >= 0.3 is 6.18 Å². The van der Waals surface area contributed by atoms with Gasteiger partial charge < -0.3 is 5.73 Å². The third-order valence-corrected chi connectivity index (χ3v) is 1.75. The van der Waals surface area contributed by atoms with Crippen LogP contribution in [-0.4, -0.2) is 11.0 Å². The summed E-state index contributed by atoms with van der Waals surface area (Å²) in [5.41, 5.74) is 4.94. The summed E-state index contributed by atoms with van der Waals surface area (Å²) in [6.45, 7) is 1.66. The number of halogens is 3. The Kier molecular flexibility index (Phi) is 3.10. The van der Waals surface area contributed by atoms with Crippen LogP contribution in [0.25, 0.3) is 0 Å². The van der Waals surface area contributed by atoms with Crippen LogP contribution >= 0.6 is 0 Å². The normalized spacial score (nSPS) is 14.1. The fourth-order valence-corrected chi connectivity index (χ4v) is 1.21. The molecule has 0 aliphatic carbocycles. The molecule has 0 saturated heterocycles. The number of aromatic nitrogens is 1. The first-order valence-electron chi connectivity index (χ1n) is 4.17. The maximum Gasteiger partial charge on any atom is 0.416 e. The minimum absolute atomic E-state index is 0.148. The van der Waals surface area contributed by atoms with E-state index in [0.717, 1.165) is 12.3 Å². The van der Waals surface area contributed by atoms with Crippen molar-refractivity contribution >= 4 is 0 Å². The van der Waals surface area contributed by atoms with Gasteiger partial charge in [0, 0.05) is 18.4 Å². The van der Waals surface area contributed by atoms with Crippen molar-refractivity contribution in [1.29, 1.82) is 0 Å². The van der Waals surface area contributed by atoms with E-state index in [2.05, 4.69) is 4.98 Å². The highest BCUT2D eigenvalue weighted by Crippen LogP contribution is 2.31. The van der Waals surface area contributed by atoms with Crippen LogP contribution in [-0.2, 0) is 12.6 Å². The molecule has 1 aromatic heterocycles. The molecule has 5 heteroatoms. The Balaban J connectivity index is 3.04. The van der Waals surface area contributed by atoms with Crippen LogP contribution in [0.1, 0.15) is 18.1 Å². The van der Waals surface area contributed by atoms with E-state index in [9.17, 15) is 13.2 Å². The second-order valence-electron chi connectivity index (χ2n) is 3.21. The first-order valence-corrected chi connectivity index (χ1v) is 4.17. The lowest BCUT2D eigenvalue weighted by Gasteiger charge is -2.13. The number of pyridine rings is 1. The Bertz CT molecular complexity index is 307. The predicted molar refractivity (Wildman–Crippen MR) is 46.6 cm³/mol. The number of alkyl halides is 3. The number of rotatable bonds is 2. The van der Waals surface area contributed by atoms with E-state index in [0.29, 0.717) is 0 Å². The average Bonchev–Trinajstić information content (AvgIpc) is 2.01. The molecule has 1 aromatic rings. The lowest BCUT2D eigenvalue weighted by atomic mass is 10.0. The summed E-state index contributed by atoms with van der Waals surface area (Å²) < 4.78 is 37.3. The van der Waals surface area contributed by atoms with Crippen molar-refractivity contribution < 1.29 is 13.2 Å². The average molecular weight is 204 g/mol. The molecule has 0 bridgehead atoms. The van der Waals surface area contributed by atoms with E-state index in [1.807, 2.05) is 0 Å². The molecule has 1 atom stereocenters. The molecule has 0 amide bonds. The van der Waals surface area contributed by atoms with Crippen molar-refractivity contribution in [2.45, 2.75) is 25.6 Å². The lowest BCUT2D eigenvalue weighted by Crippen LogP contribution is -2.20. The molecule has 0 saturated carbocycles. The third-order valence-electron chi connectivity index (χ3n) is 1.75. The first kappa shape index (κ1) is 11.0. The van der Waals surface area contributed by atoms with Gasteiger partial charge in [-0.1, -0.05) is 0 Å². The number of nitrogens with zero attached hydrogens (tertiary/aromatic N) is 1. The maximum atomic E-state index is 12.4. The fourth-order valence-electron chi connectivity index (χ4n) is 1.21. The molecular formula is C9H11F3N2. The summed E-state index contributed by atoms with van der Waals surface area (Å²) in [6.07, 6.45) is -1.80. The van der Waals surface area contributed by atoms with Gasteiger partial charge in [0.05, 0.1) is 5.56 Å². The standard InChI is InChI=1S/C9H11F3N2/c1-6(13)4-7-5-14-3-2-8(7)9(10,11)12/h2-3,5-6H,4,13H2,1H3/t6-/m0/s1. The van der Waals surface area contributed by atoms with Gasteiger partial charge in [0.15, 0.2) is 0 Å². The maximum absolute atomic E-state index is 12.4. The number of nitrogens with two attached hydrogens (primary N) is 1. The van der Waals surface area contributed by atoms with E-state index in [4.69, 9.17) is 5.73 Å². The smallest absolute Gasteiger partial charge is 0.328 e. The molecule has 0 aliphatic rings. The SMILES string of the molecule is C[C@H](N)Cc1cnccc1C(F)(F)F. The molecule has 0 aliphatic heterocycles. The number of hydrogen-bond donors (Lipinski definition) is 1. The van der Waals surface area contributed by atoms with Gasteiger partial charge in [-0.05, 0) is 25.0 Å². The van der Waals surface area contributed by atoms with Crippen LogP contribution in [0.3, 0.4) is 0 Å². The monoisotopic (exact) mass is 204 g/mol. The highest BCUT2D eigenvalue weighted by Gasteiger charge is 2.33. The summed E-state index contributed by atoms with van der Waals surface area (Å²) in [5, 5.41) is 0. The Hall–Kier alpha value is -1.10. The van der Waals surface area contributed by atoms with Crippen molar-refractivity contribution in [3.63, 3.8) is 0 Å². The van der Waals surface area contributed by atoms with Crippen molar-refractivity contribution in [2.75, 3.05) is 0 Å². The van der Waals surface area contributed by atoms with E-state index in [1.165, 1.54) is 6.20 Å². The van der Waals surface area contributed by atoms with Gasteiger partial charge in [-0.15, -0.1) is 0 Å². The topological polar surface area (TPSA) is 38.9 Å². The lowest BCUT2D eigenvalue weighted by molar-refractivity contribution is -0.138. The molecule has 1 rings (SSSR count). The molecule has 2 N–H and O–H groups in total. The first-order chi connectivity index (χ1) is 6.41. The summed E-state index contributed by atoms with van der Waals surface area (Å²) in [6, 6.07) is 0.665. The Morgan fingerprint density at radius 3 is 2.64 bits per heavy atom. The third kappa shape index (κ3) is 2.70. The van der Waals surface area contributed by atoms with Crippen molar-refractivity contribution in [2.24, 2.45) is 5.73 Å². The predicted octanol–water partition coefficient (Wildman–Crippen LogP) is 1.99. The Labute approximate surface area is 79.9 Å². The number of hydrogen-bond acceptors (Lipinski definition) is 2. The van der Waals surface area contributed by atoms with Crippen LogP contribution < -0.4 is 5.73 Å². The van der Waals surface area contributed by atoms with Crippen molar-refractivity contribution in [3.05, 3.63) is 29.6 Å². The zero-order chi connectivity index (χ0) is 10.8. The van der Waals surface area contributed by atoms with Crippen LogP contribution in [0, 0.1) is 0 Å². The Morgan fingerprint density at radius 1 is 1.50 bits per heavy atom. The van der Waals surface area contributed by atoms with Gasteiger partial charge in [-0.3, -0.25) is 4.98 Å². The minimum atomic E-state index is -4.33. The largest absolute Gasteiger partial charge is 0.416 e. The molecule has 0 fully saturated rings. The van der Waals surface area contributed by atoms with E-state index >= 15 is 0 Å². The summed E-state index contributed by atoms with van der Waals surface area (Å²) in [4.78, 5) is 3.66. The minimum Gasteiger partial charge on any atom is -0.328 e. The summed E-state index contributed by atoms with van der Waals surface area (Å²) in [5.74, 6) is 0. The Morgan fingerprint density at radius 2 is 2.14 bits per heavy atom. The van der Waals surface area contributed by atoms with E-state index < -0.39 is 11.7 Å². The molecule has 0 radical (unpaired) electrons. The van der Waals surface area contributed by atoms with Gasteiger partial charge in [0.25, 0.3) is 0 Å². The molecule has 1 heterocycles. The molecule has 14 heavy (non-hydrogen) atoms. The quantitative estimate of drug-likeness (QED) is 0.800. The molecule has 78 valence electrons. The van der Waals surface area contributed by atoms with E-state index in [-0.39, 0.29) is 18.0 Å². The van der Waals surface area contributed by atoms with Crippen LogP contribution in [0.5, 0.6) is 0 Å². The fraction of sp³-hybridized carbons (Fsp3) is 0.444. The second kappa shape index (κ2) is 3.96. The van der Waals surface area contributed by atoms with E-state index in [1.54, 1.807) is 6.92 Å². The van der Waals surface area contributed by atoms with Crippen molar-refractivity contribution in [3.8, 4) is 0 Å². The van der Waals surface area contributed by atoms with Crippen LogP contribution in [0.2, 0.25) is 0 Å². The van der Waals surface area contributed by atoms with Crippen LogP contribution in [0.15, 0.2) is 18.5 Å². The summed E-state index contributed by atoms with van der Waals surface area (Å²) in [7, 11) is 0. The highest BCUT2D eigenvalue weighted by molar-refractivity contribution is 5.26. The van der Waals surface area contributed by atoms with Gasteiger partial charge in [0.2, 0.25) is 0 Å². The highest BCUT2D eigenvalue weighted by atomic mass is 19.4. The zero-order valence-electron chi connectivity index (χ0n) is 7.67. The van der Waals surface area contributed by atoms with Gasteiger partial charge in [-0.2, -0.15) is 13.2 Å². The van der Waals surface area contributed by atoms with Gasteiger partial charge in [0.1, 0.15) is 0 Å². The second-order valence-corrected chi connectivity index (χ2v) is 3.21. The van der Waals surface area contributed by atoms with Crippen molar-refractivity contribution in [1.82, 2.24) is 4.98 Å². The van der Waals surface area contributed by atoms with Crippen LogP contribution in [0.4, 0.5) is 13.2 Å². The molecule has 0 spiro atoms. The zero-order valence-corrected chi connectivity index (χ0v) is 7.67. The molecule has 2 nitrogen and oxygen atoms in total.